The largest absolute Gasteiger partial charge is 0.496 e. The molecule has 3 N–H and O–H groups in total. The second kappa shape index (κ2) is 5.82. The minimum absolute atomic E-state index is 0.197. The highest BCUT2D eigenvalue weighted by atomic mass is 16.5. The molecule has 0 radical (unpaired) electrons. The summed E-state index contributed by atoms with van der Waals surface area (Å²) in [5.41, 5.74) is 2.55. The Balaban J connectivity index is 1.62. The molecule has 0 bridgehead atoms. The van der Waals surface area contributed by atoms with E-state index in [2.05, 4.69) is 20.4 Å². The van der Waals surface area contributed by atoms with Crippen molar-refractivity contribution >= 4 is 28.7 Å². The number of fused-ring (bicyclic) bond motifs is 3. The van der Waals surface area contributed by atoms with Gasteiger partial charge in [0.1, 0.15) is 5.75 Å². The molecule has 2 aromatic heterocycles. The predicted molar refractivity (Wildman–Crippen MR) is 92.1 cm³/mol. The number of nitrogens with zero attached hydrogens (tertiary/aromatic N) is 3. The number of benzene rings is 2. The van der Waals surface area contributed by atoms with Crippen molar-refractivity contribution in [2.45, 2.75) is 6.54 Å². The van der Waals surface area contributed by atoms with E-state index >= 15 is 0 Å². The highest BCUT2D eigenvalue weighted by molar-refractivity contribution is 5.93. The number of carboxylic acid groups (broad SMARTS) is 1. The molecular formula is C17H15N5O3. The van der Waals surface area contributed by atoms with Gasteiger partial charge >= 0.3 is 5.97 Å². The van der Waals surface area contributed by atoms with Crippen LogP contribution in [0.3, 0.4) is 0 Å². The fraction of sp³-hybridized carbons (Fsp3) is 0.118. The SMILES string of the molecule is COc1ccccc1CNc1nc2nc3cc(C(=O)O)ccc3n2[nH]1. The van der Waals surface area contributed by atoms with Crippen molar-refractivity contribution < 1.29 is 14.6 Å². The standard InChI is InChI=1S/C17H15N5O3/c1-25-14-5-3-2-4-11(14)9-18-16-20-17-19-12-8-10(15(23)24)6-7-13(12)22(17)21-16/h2-8H,9H2,1H3,(H,23,24)(H2,18,19,20,21). The zero-order valence-corrected chi connectivity index (χ0v) is 13.4. The highest BCUT2D eigenvalue weighted by Gasteiger charge is 2.12. The number of hydrogen-bond donors (Lipinski definition) is 3. The van der Waals surface area contributed by atoms with Gasteiger partial charge in [0.25, 0.3) is 5.78 Å². The molecule has 0 aliphatic rings. The van der Waals surface area contributed by atoms with Crippen LogP contribution in [-0.2, 0) is 6.54 Å². The molecule has 126 valence electrons. The monoisotopic (exact) mass is 337 g/mol. The van der Waals surface area contributed by atoms with E-state index in [1.54, 1.807) is 23.8 Å². The highest BCUT2D eigenvalue weighted by Crippen LogP contribution is 2.20. The zero-order valence-electron chi connectivity index (χ0n) is 13.4. The van der Waals surface area contributed by atoms with Crippen molar-refractivity contribution in [1.82, 2.24) is 19.6 Å². The van der Waals surface area contributed by atoms with Crippen LogP contribution in [0.1, 0.15) is 15.9 Å². The molecule has 0 atom stereocenters. The van der Waals surface area contributed by atoms with Gasteiger partial charge in [-0.15, -0.1) is 0 Å². The van der Waals surface area contributed by atoms with Crippen LogP contribution in [0.25, 0.3) is 16.8 Å². The number of H-pyrrole nitrogens is 1. The number of imidazole rings is 1. The van der Waals surface area contributed by atoms with E-state index < -0.39 is 5.97 Å². The van der Waals surface area contributed by atoms with Gasteiger partial charge in [0, 0.05) is 12.1 Å². The van der Waals surface area contributed by atoms with Crippen LogP contribution in [0.5, 0.6) is 5.75 Å². The van der Waals surface area contributed by atoms with Crippen LogP contribution >= 0.6 is 0 Å². The Kier molecular flexibility index (Phi) is 3.50. The van der Waals surface area contributed by atoms with Gasteiger partial charge < -0.3 is 15.2 Å². The number of carbonyl (C=O) groups is 1. The molecule has 25 heavy (non-hydrogen) atoms. The number of nitrogens with one attached hydrogen (secondary N) is 2. The van der Waals surface area contributed by atoms with Crippen molar-refractivity contribution in [1.29, 1.82) is 0 Å². The van der Waals surface area contributed by atoms with Crippen molar-refractivity contribution in [2.24, 2.45) is 0 Å². The smallest absolute Gasteiger partial charge is 0.335 e. The molecule has 2 heterocycles. The van der Waals surface area contributed by atoms with Gasteiger partial charge in [-0.1, -0.05) is 18.2 Å². The van der Waals surface area contributed by atoms with E-state index in [-0.39, 0.29) is 5.56 Å². The minimum atomic E-state index is -0.981. The Morgan fingerprint density at radius 1 is 1.28 bits per heavy atom. The quantitative estimate of drug-likeness (QED) is 0.517. The number of aromatic amines is 1. The molecule has 8 nitrogen and oxygen atoms in total. The fourth-order valence-electron chi connectivity index (χ4n) is 2.72. The molecule has 0 amide bonds. The fourth-order valence-corrected chi connectivity index (χ4v) is 2.72. The number of para-hydroxylation sites is 1. The number of aromatic nitrogens is 4. The molecule has 0 unspecified atom stereocenters. The molecule has 8 heteroatoms. The third-order valence-corrected chi connectivity index (χ3v) is 3.95. The van der Waals surface area contributed by atoms with Gasteiger partial charge in [-0.05, 0) is 24.3 Å². The Labute approximate surface area is 142 Å². The lowest BCUT2D eigenvalue weighted by Gasteiger charge is -2.08. The van der Waals surface area contributed by atoms with Crippen LogP contribution in [0.2, 0.25) is 0 Å². The van der Waals surface area contributed by atoms with Gasteiger partial charge in [-0.3, -0.25) is 5.10 Å². The Bertz CT molecular complexity index is 1080. The number of aromatic carboxylic acids is 1. The Morgan fingerprint density at radius 3 is 2.92 bits per heavy atom. The van der Waals surface area contributed by atoms with E-state index in [1.165, 1.54) is 6.07 Å². The van der Waals surface area contributed by atoms with E-state index in [1.807, 2.05) is 24.3 Å². The molecule has 0 saturated heterocycles. The van der Waals surface area contributed by atoms with Gasteiger partial charge in [0.15, 0.2) is 0 Å². The summed E-state index contributed by atoms with van der Waals surface area (Å²) in [4.78, 5) is 19.8. The van der Waals surface area contributed by atoms with Crippen molar-refractivity contribution in [3.05, 3.63) is 53.6 Å². The molecule has 0 aliphatic carbocycles. The average Bonchev–Trinajstić information content (AvgIpc) is 3.16. The summed E-state index contributed by atoms with van der Waals surface area (Å²) in [5.74, 6) is 0.862. The van der Waals surface area contributed by atoms with Crippen LogP contribution in [0.4, 0.5) is 5.95 Å². The van der Waals surface area contributed by atoms with Gasteiger partial charge in [0.2, 0.25) is 5.95 Å². The lowest BCUT2D eigenvalue weighted by Crippen LogP contribution is -2.03. The summed E-state index contributed by atoms with van der Waals surface area (Å²) in [6, 6.07) is 12.5. The number of carboxylic acids is 1. The molecule has 2 aromatic carbocycles. The summed E-state index contributed by atoms with van der Waals surface area (Å²) in [5, 5.41) is 15.4. The topological polar surface area (TPSA) is 105 Å². The van der Waals surface area contributed by atoms with Crippen LogP contribution in [0.15, 0.2) is 42.5 Å². The number of rotatable bonds is 5. The van der Waals surface area contributed by atoms with Crippen LogP contribution < -0.4 is 10.1 Å². The second-order valence-corrected chi connectivity index (χ2v) is 5.49. The van der Waals surface area contributed by atoms with Crippen molar-refractivity contribution in [3.8, 4) is 5.75 Å². The van der Waals surface area contributed by atoms with E-state index in [4.69, 9.17) is 9.84 Å². The molecule has 0 saturated carbocycles. The van der Waals surface area contributed by atoms with E-state index in [0.29, 0.717) is 23.8 Å². The number of anilines is 1. The van der Waals surface area contributed by atoms with Crippen molar-refractivity contribution in [2.75, 3.05) is 12.4 Å². The zero-order chi connectivity index (χ0) is 17.4. The first kappa shape index (κ1) is 15.0. The van der Waals surface area contributed by atoms with E-state index in [0.717, 1.165) is 16.8 Å². The minimum Gasteiger partial charge on any atom is -0.496 e. The summed E-state index contributed by atoms with van der Waals surface area (Å²) < 4.78 is 7.04. The summed E-state index contributed by atoms with van der Waals surface area (Å²) in [7, 11) is 1.64. The summed E-state index contributed by atoms with van der Waals surface area (Å²) >= 11 is 0. The second-order valence-electron chi connectivity index (χ2n) is 5.49. The summed E-state index contributed by atoms with van der Waals surface area (Å²) in [6.07, 6.45) is 0. The number of hydrogen-bond acceptors (Lipinski definition) is 5. The average molecular weight is 337 g/mol. The van der Waals surface area contributed by atoms with Crippen molar-refractivity contribution in [3.63, 3.8) is 0 Å². The molecule has 0 aliphatic heterocycles. The maximum atomic E-state index is 11.0. The molecule has 0 fully saturated rings. The first-order valence-electron chi connectivity index (χ1n) is 7.63. The van der Waals surface area contributed by atoms with E-state index in [9.17, 15) is 4.79 Å². The molecule has 4 rings (SSSR count). The molecule has 0 spiro atoms. The van der Waals surface area contributed by atoms with Gasteiger partial charge in [-0.2, -0.15) is 4.98 Å². The van der Waals surface area contributed by atoms with Crippen LogP contribution in [-0.4, -0.2) is 37.8 Å². The first-order chi connectivity index (χ1) is 12.2. The van der Waals surface area contributed by atoms with Gasteiger partial charge in [0.05, 0.1) is 23.7 Å². The normalized spacial score (nSPS) is 11.1. The third kappa shape index (κ3) is 2.63. The van der Waals surface area contributed by atoms with Gasteiger partial charge in [-0.25, -0.2) is 14.3 Å². The maximum absolute atomic E-state index is 11.0. The Hall–Kier alpha value is -3.55. The number of ether oxygens (including phenoxy) is 1. The molecule has 4 aromatic rings. The lowest BCUT2D eigenvalue weighted by atomic mass is 10.2. The Morgan fingerprint density at radius 2 is 2.12 bits per heavy atom. The third-order valence-electron chi connectivity index (χ3n) is 3.95. The van der Waals surface area contributed by atoms with Crippen LogP contribution in [0, 0.1) is 0 Å². The number of methoxy groups -OCH3 is 1. The first-order valence-corrected chi connectivity index (χ1v) is 7.63. The maximum Gasteiger partial charge on any atom is 0.335 e. The predicted octanol–water partition coefficient (Wildman–Crippen LogP) is 2.53. The lowest BCUT2D eigenvalue weighted by molar-refractivity contribution is 0.0697. The molecular weight excluding hydrogens is 322 g/mol. The summed E-state index contributed by atoms with van der Waals surface area (Å²) in [6.45, 7) is 0.543.